The molecule has 2 aromatic carbocycles. The highest BCUT2D eigenvalue weighted by Crippen LogP contribution is 2.29. The lowest BCUT2D eigenvalue weighted by Gasteiger charge is -2.26. The maximum absolute atomic E-state index is 13.0. The first-order chi connectivity index (χ1) is 11.9. The van der Waals surface area contributed by atoms with E-state index in [-0.39, 0.29) is 12.4 Å². The topological polar surface area (TPSA) is 58.0 Å². The second-order valence-corrected chi connectivity index (χ2v) is 6.26. The fourth-order valence-corrected chi connectivity index (χ4v) is 2.92. The SMILES string of the molecule is CC(O)(CNc1nc(C(F)F)nc2ccccc12)c1ccccc1Cl. The number of nitrogens with zero attached hydrogens (tertiary/aromatic N) is 2. The smallest absolute Gasteiger partial charge is 0.297 e. The summed E-state index contributed by atoms with van der Waals surface area (Å²) in [6.45, 7) is 1.64. The summed E-state index contributed by atoms with van der Waals surface area (Å²) in [4.78, 5) is 7.77. The molecule has 1 atom stereocenters. The molecule has 0 radical (unpaired) electrons. The van der Waals surface area contributed by atoms with Gasteiger partial charge in [-0.3, -0.25) is 0 Å². The minimum atomic E-state index is -2.78. The van der Waals surface area contributed by atoms with E-state index in [1.807, 2.05) is 0 Å². The Morgan fingerprint density at radius 3 is 2.52 bits per heavy atom. The highest BCUT2D eigenvalue weighted by molar-refractivity contribution is 6.31. The van der Waals surface area contributed by atoms with Crippen LogP contribution in [0, 0.1) is 0 Å². The number of halogens is 3. The van der Waals surface area contributed by atoms with Crippen LogP contribution < -0.4 is 5.32 Å². The fourth-order valence-electron chi connectivity index (χ4n) is 2.58. The molecule has 0 aliphatic heterocycles. The first-order valence-electron chi connectivity index (χ1n) is 7.64. The molecule has 7 heteroatoms. The molecule has 0 fully saturated rings. The Kier molecular flexibility index (Phi) is 4.83. The minimum absolute atomic E-state index is 0.0421. The Morgan fingerprint density at radius 1 is 1.12 bits per heavy atom. The molecule has 0 saturated carbocycles. The summed E-state index contributed by atoms with van der Waals surface area (Å²) in [6, 6.07) is 13.8. The van der Waals surface area contributed by atoms with Crippen molar-refractivity contribution in [1.29, 1.82) is 0 Å². The molecular formula is C18H16ClF2N3O. The van der Waals surface area contributed by atoms with Crippen LogP contribution in [-0.2, 0) is 5.60 Å². The molecule has 0 spiro atoms. The van der Waals surface area contributed by atoms with Gasteiger partial charge in [-0.15, -0.1) is 0 Å². The first-order valence-corrected chi connectivity index (χ1v) is 8.02. The van der Waals surface area contributed by atoms with Crippen LogP contribution in [-0.4, -0.2) is 21.6 Å². The number of alkyl halides is 2. The molecule has 0 aliphatic carbocycles. The van der Waals surface area contributed by atoms with Gasteiger partial charge in [0, 0.05) is 22.5 Å². The van der Waals surface area contributed by atoms with Crippen LogP contribution in [0.15, 0.2) is 48.5 Å². The molecule has 1 heterocycles. The number of benzene rings is 2. The average molecular weight is 364 g/mol. The van der Waals surface area contributed by atoms with E-state index in [4.69, 9.17) is 11.6 Å². The van der Waals surface area contributed by atoms with Gasteiger partial charge in [-0.25, -0.2) is 18.7 Å². The number of hydrogen-bond donors (Lipinski definition) is 2. The monoisotopic (exact) mass is 363 g/mol. The van der Waals surface area contributed by atoms with E-state index >= 15 is 0 Å². The standard InChI is InChI=1S/C18H16ClF2N3O/c1-18(25,12-7-3-4-8-13(12)19)10-22-16-11-6-2-5-9-14(11)23-17(24-16)15(20)21/h2-9,15,25H,10H2,1H3,(H,22,23,24). The van der Waals surface area contributed by atoms with Crippen LogP contribution in [0.1, 0.15) is 24.7 Å². The third kappa shape index (κ3) is 3.70. The lowest BCUT2D eigenvalue weighted by atomic mass is 9.96. The molecule has 25 heavy (non-hydrogen) atoms. The van der Waals surface area contributed by atoms with Gasteiger partial charge >= 0.3 is 0 Å². The predicted molar refractivity (Wildman–Crippen MR) is 94.0 cm³/mol. The van der Waals surface area contributed by atoms with E-state index in [1.54, 1.807) is 55.5 Å². The molecule has 4 nitrogen and oxygen atoms in total. The Hall–Kier alpha value is -2.31. The van der Waals surface area contributed by atoms with Gasteiger partial charge < -0.3 is 10.4 Å². The van der Waals surface area contributed by atoms with E-state index in [2.05, 4.69) is 15.3 Å². The highest BCUT2D eigenvalue weighted by Gasteiger charge is 2.26. The number of anilines is 1. The molecule has 130 valence electrons. The van der Waals surface area contributed by atoms with Gasteiger partial charge in [0.25, 0.3) is 6.43 Å². The van der Waals surface area contributed by atoms with E-state index < -0.39 is 17.9 Å². The van der Waals surface area contributed by atoms with Crippen LogP contribution in [0.3, 0.4) is 0 Å². The van der Waals surface area contributed by atoms with Crippen LogP contribution in [0.2, 0.25) is 5.02 Å². The Labute approximate surface area is 148 Å². The second kappa shape index (κ2) is 6.90. The van der Waals surface area contributed by atoms with E-state index in [0.29, 0.717) is 21.5 Å². The highest BCUT2D eigenvalue weighted by atomic mass is 35.5. The summed E-state index contributed by atoms with van der Waals surface area (Å²) in [7, 11) is 0. The fraction of sp³-hybridized carbons (Fsp3) is 0.222. The number of hydrogen-bond acceptors (Lipinski definition) is 4. The van der Waals surface area contributed by atoms with Gasteiger partial charge in [-0.05, 0) is 25.1 Å². The van der Waals surface area contributed by atoms with Crippen molar-refractivity contribution < 1.29 is 13.9 Å². The van der Waals surface area contributed by atoms with Gasteiger partial charge in [0.15, 0.2) is 5.82 Å². The van der Waals surface area contributed by atoms with Crippen LogP contribution >= 0.6 is 11.6 Å². The maximum Gasteiger partial charge on any atom is 0.297 e. The zero-order valence-corrected chi connectivity index (χ0v) is 14.1. The summed E-state index contributed by atoms with van der Waals surface area (Å²) < 4.78 is 26.1. The number of aromatic nitrogens is 2. The van der Waals surface area contributed by atoms with Gasteiger partial charge in [0.05, 0.1) is 5.52 Å². The second-order valence-electron chi connectivity index (χ2n) is 5.86. The van der Waals surface area contributed by atoms with E-state index in [0.717, 1.165) is 0 Å². The number of nitrogens with one attached hydrogen (secondary N) is 1. The minimum Gasteiger partial charge on any atom is -0.384 e. The van der Waals surface area contributed by atoms with Gasteiger partial charge in [0.1, 0.15) is 11.4 Å². The van der Waals surface area contributed by atoms with Crippen molar-refractivity contribution >= 4 is 28.3 Å². The molecule has 1 unspecified atom stereocenters. The molecule has 2 N–H and O–H groups in total. The molecule has 3 rings (SSSR count). The van der Waals surface area contributed by atoms with Crippen molar-refractivity contribution in [3.63, 3.8) is 0 Å². The van der Waals surface area contributed by atoms with Crippen LogP contribution in [0.5, 0.6) is 0 Å². The Balaban J connectivity index is 1.94. The Bertz CT molecular complexity index is 902. The zero-order valence-electron chi connectivity index (χ0n) is 13.4. The summed E-state index contributed by atoms with van der Waals surface area (Å²) in [5.41, 5.74) is -0.362. The van der Waals surface area contributed by atoms with Gasteiger partial charge in [-0.1, -0.05) is 41.9 Å². The van der Waals surface area contributed by atoms with Crippen molar-refractivity contribution in [2.45, 2.75) is 19.0 Å². The molecule has 0 bridgehead atoms. The van der Waals surface area contributed by atoms with Gasteiger partial charge in [0.2, 0.25) is 0 Å². The van der Waals surface area contributed by atoms with Crippen molar-refractivity contribution in [3.8, 4) is 0 Å². The quantitative estimate of drug-likeness (QED) is 0.698. The van der Waals surface area contributed by atoms with E-state index in [9.17, 15) is 13.9 Å². The molecule has 3 aromatic rings. The number of aliphatic hydroxyl groups is 1. The predicted octanol–water partition coefficient (Wildman–Crippen LogP) is 4.54. The zero-order chi connectivity index (χ0) is 18.0. The van der Waals surface area contributed by atoms with Gasteiger partial charge in [-0.2, -0.15) is 0 Å². The summed E-state index contributed by atoms with van der Waals surface area (Å²) in [5, 5.41) is 14.7. The third-order valence-corrected chi connectivity index (χ3v) is 4.20. The number of rotatable bonds is 5. The maximum atomic E-state index is 13.0. The van der Waals surface area contributed by atoms with Crippen LogP contribution in [0.25, 0.3) is 10.9 Å². The van der Waals surface area contributed by atoms with E-state index in [1.165, 1.54) is 0 Å². The lowest BCUT2D eigenvalue weighted by molar-refractivity contribution is 0.0715. The summed E-state index contributed by atoms with van der Waals surface area (Å²) >= 11 is 6.14. The molecule has 0 aliphatic rings. The average Bonchev–Trinajstić information content (AvgIpc) is 2.59. The molecule has 1 aromatic heterocycles. The van der Waals surface area contributed by atoms with Crippen LogP contribution in [0.4, 0.5) is 14.6 Å². The van der Waals surface area contributed by atoms with Crippen molar-refractivity contribution in [2.24, 2.45) is 0 Å². The van der Waals surface area contributed by atoms with Crippen molar-refractivity contribution in [3.05, 3.63) is 64.9 Å². The number of para-hydroxylation sites is 1. The Morgan fingerprint density at radius 2 is 1.80 bits per heavy atom. The molecule has 0 saturated heterocycles. The summed E-state index contributed by atoms with van der Waals surface area (Å²) in [5.74, 6) is -0.313. The first kappa shape index (κ1) is 17.5. The molecule has 0 amide bonds. The summed E-state index contributed by atoms with van der Waals surface area (Å²) in [6.07, 6.45) is -2.78. The van der Waals surface area contributed by atoms with Crippen molar-refractivity contribution in [2.75, 3.05) is 11.9 Å². The largest absolute Gasteiger partial charge is 0.384 e. The molecular weight excluding hydrogens is 348 g/mol. The van der Waals surface area contributed by atoms with Crippen molar-refractivity contribution in [1.82, 2.24) is 9.97 Å². The third-order valence-electron chi connectivity index (χ3n) is 3.87. The number of fused-ring (bicyclic) bond motifs is 1. The normalized spacial score (nSPS) is 13.8. The lowest BCUT2D eigenvalue weighted by Crippen LogP contribution is -2.31.